The molecule has 1 aliphatic heterocycles. The van der Waals surface area contributed by atoms with Gasteiger partial charge in [-0.2, -0.15) is 0 Å². The van der Waals surface area contributed by atoms with Crippen molar-refractivity contribution in [2.75, 3.05) is 34.4 Å². The van der Waals surface area contributed by atoms with E-state index in [1.54, 1.807) is 61.4 Å². The van der Waals surface area contributed by atoms with Crippen LogP contribution in [-0.4, -0.2) is 54.7 Å². The number of ether oxygens (including phenoxy) is 3. The Morgan fingerprint density at radius 2 is 1.80 bits per heavy atom. The van der Waals surface area contributed by atoms with Crippen LogP contribution in [0.2, 0.25) is 0 Å². The van der Waals surface area contributed by atoms with Crippen molar-refractivity contribution in [3.63, 3.8) is 0 Å². The minimum absolute atomic E-state index is 0.111. The summed E-state index contributed by atoms with van der Waals surface area (Å²) in [6.45, 7) is 6.54. The molecule has 1 atom stereocenters. The monoisotopic (exact) mass is 632 g/mol. The number of non-ortho nitro benzene ring substituents is 1. The van der Waals surface area contributed by atoms with Crippen LogP contribution in [0, 0.1) is 10.1 Å². The quantitative estimate of drug-likeness (QED) is 0.186. The van der Waals surface area contributed by atoms with E-state index in [2.05, 4.69) is 0 Å². The molecular weight excluding hydrogens is 600 g/mol. The molecule has 0 unspecified atom stereocenters. The first-order valence-corrected chi connectivity index (χ1v) is 14.9. The zero-order chi connectivity index (χ0) is 32.4. The molecule has 3 heterocycles. The van der Waals surface area contributed by atoms with E-state index in [1.807, 2.05) is 13.8 Å². The fourth-order valence-electron chi connectivity index (χ4n) is 5.32. The van der Waals surface area contributed by atoms with E-state index in [0.717, 1.165) is 0 Å². The SMILES string of the molecule is CCN(CC)C(=O)C1=C(C)N=c2s/c(=C/c3ccc(-c4ccc([N+](=O)[O-])cc4OC)o3)c(=O)n2[C@H]1c1cc(OC)ccc1OC. The zero-order valence-corrected chi connectivity index (χ0v) is 26.5. The third-order valence-corrected chi connectivity index (χ3v) is 8.58. The molecule has 4 aromatic rings. The molecule has 2 aromatic heterocycles. The standard InChI is InChI=1S/C32H32N4O8S/c1-7-34(8-2)31(38)28-18(3)33-32-35(29(28)23-16-20(41-4)10-13-24(23)42-5)30(37)27(45-32)17-21-11-14-25(44-21)22-12-9-19(36(39)40)15-26(22)43-6/h9-17,29H,7-8H2,1-6H3/b27-17+/t29-/m0/s1. The molecule has 0 saturated carbocycles. The van der Waals surface area contributed by atoms with Gasteiger partial charge in [0.1, 0.15) is 34.8 Å². The number of amides is 1. The predicted octanol–water partition coefficient (Wildman–Crippen LogP) is 4.30. The summed E-state index contributed by atoms with van der Waals surface area (Å²) < 4.78 is 24.4. The van der Waals surface area contributed by atoms with Crippen molar-refractivity contribution in [3.05, 3.63) is 101 Å². The van der Waals surface area contributed by atoms with Crippen molar-refractivity contribution in [2.24, 2.45) is 4.99 Å². The normalized spacial score (nSPS) is 14.5. The molecule has 0 N–H and O–H groups in total. The van der Waals surface area contributed by atoms with Crippen molar-refractivity contribution in [1.29, 1.82) is 0 Å². The van der Waals surface area contributed by atoms with E-state index in [4.69, 9.17) is 23.6 Å². The number of carbonyl (C=O) groups excluding carboxylic acids is 1. The summed E-state index contributed by atoms with van der Waals surface area (Å²) in [4.78, 5) is 45.6. The summed E-state index contributed by atoms with van der Waals surface area (Å²) in [5.41, 5.74) is 1.50. The maximum absolute atomic E-state index is 14.2. The molecule has 45 heavy (non-hydrogen) atoms. The number of nitro groups is 1. The van der Waals surface area contributed by atoms with E-state index in [0.29, 0.717) is 67.8 Å². The number of nitro benzene ring substituents is 1. The number of hydrogen-bond acceptors (Lipinski definition) is 10. The number of rotatable bonds is 10. The van der Waals surface area contributed by atoms with E-state index in [9.17, 15) is 19.7 Å². The number of hydrogen-bond donors (Lipinski definition) is 0. The zero-order valence-electron chi connectivity index (χ0n) is 25.7. The van der Waals surface area contributed by atoms with Crippen LogP contribution < -0.4 is 29.1 Å². The van der Waals surface area contributed by atoms with Gasteiger partial charge in [-0.15, -0.1) is 0 Å². The number of likely N-dealkylation sites (N-methyl/N-ethyl adjacent to an activating group) is 1. The van der Waals surface area contributed by atoms with Gasteiger partial charge >= 0.3 is 0 Å². The molecule has 13 heteroatoms. The second-order valence-corrected chi connectivity index (χ2v) is 11.0. The van der Waals surface area contributed by atoms with Crippen LogP contribution in [0.4, 0.5) is 5.69 Å². The number of furan rings is 1. The molecule has 2 aromatic carbocycles. The van der Waals surface area contributed by atoms with Gasteiger partial charge in [-0.05, 0) is 57.2 Å². The number of fused-ring (bicyclic) bond motifs is 1. The Bertz CT molecular complexity index is 2000. The third kappa shape index (κ3) is 5.74. The summed E-state index contributed by atoms with van der Waals surface area (Å²) >= 11 is 1.17. The summed E-state index contributed by atoms with van der Waals surface area (Å²) in [5, 5.41) is 11.2. The van der Waals surface area contributed by atoms with Gasteiger partial charge in [0.05, 0.1) is 53.7 Å². The van der Waals surface area contributed by atoms with Crippen molar-refractivity contribution in [3.8, 4) is 28.6 Å². The van der Waals surface area contributed by atoms with Crippen LogP contribution >= 0.6 is 11.3 Å². The van der Waals surface area contributed by atoms with Crippen LogP contribution in [0.25, 0.3) is 17.4 Å². The van der Waals surface area contributed by atoms with E-state index in [1.165, 1.54) is 42.3 Å². The Labute approximate surface area is 262 Å². The lowest BCUT2D eigenvalue weighted by atomic mass is 9.93. The molecule has 0 radical (unpaired) electrons. The minimum Gasteiger partial charge on any atom is -0.497 e. The van der Waals surface area contributed by atoms with Gasteiger partial charge in [0.25, 0.3) is 17.2 Å². The number of methoxy groups -OCH3 is 3. The van der Waals surface area contributed by atoms with Gasteiger partial charge < -0.3 is 23.5 Å². The second kappa shape index (κ2) is 12.8. The summed E-state index contributed by atoms with van der Waals surface area (Å²) in [6.07, 6.45) is 1.61. The Balaban J connectivity index is 1.67. The van der Waals surface area contributed by atoms with Crippen molar-refractivity contribution < 1.29 is 28.3 Å². The fourth-order valence-corrected chi connectivity index (χ4v) is 6.35. The topological polar surface area (TPSA) is 139 Å². The summed E-state index contributed by atoms with van der Waals surface area (Å²) in [7, 11) is 4.50. The molecule has 0 fully saturated rings. The molecule has 0 spiro atoms. The molecule has 234 valence electrons. The summed E-state index contributed by atoms with van der Waals surface area (Å²) in [6, 6.07) is 12.1. The lowest BCUT2D eigenvalue weighted by Gasteiger charge is -2.30. The minimum atomic E-state index is -0.835. The Kier molecular flexibility index (Phi) is 8.91. The van der Waals surface area contributed by atoms with Crippen molar-refractivity contribution >= 4 is 29.0 Å². The smallest absolute Gasteiger partial charge is 0.273 e. The average Bonchev–Trinajstić information content (AvgIpc) is 3.63. The van der Waals surface area contributed by atoms with Crippen LogP contribution in [0.5, 0.6) is 17.2 Å². The third-order valence-electron chi connectivity index (χ3n) is 7.60. The lowest BCUT2D eigenvalue weighted by molar-refractivity contribution is -0.384. The molecule has 12 nitrogen and oxygen atoms in total. The number of carbonyl (C=O) groups is 1. The van der Waals surface area contributed by atoms with E-state index in [-0.39, 0.29) is 22.9 Å². The number of benzene rings is 2. The molecule has 1 amide bonds. The van der Waals surface area contributed by atoms with Gasteiger partial charge in [0, 0.05) is 30.8 Å². The van der Waals surface area contributed by atoms with Crippen molar-refractivity contribution in [2.45, 2.75) is 26.8 Å². The highest BCUT2D eigenvalue weighted by molar-refractivity contribution is 7.07. The average molecular weight is 633 g/mol. The number of thiazole rings is 1. The highest BCUT2D eigenvalue weighted by atomic mass is 32.1. The Morgan fingerprint density at radius 3 is 2.44 bits per heavy atom. The van der Waals surface area contributed by atoms with Gasteiger partial charge in [-0.25, -0.2) is 4.99 Å². The van der Waals surface area contributed by atoms with E-state index < -0.39 is 11.0 Å². The van der Waals surface area contributed by atoms with Gasteiger partial charge in [-0.1, -0.05) is 11.3 Å². The summed E-state index contributed by atoms with van der Waals surface area (Å²) in [5.74, 6) is 1.87. The lowest BCUT2D eigenvalue weighted by Crippen LogP contribution is -2.43. The molecule has 5 rings (SSSR count). The number of allylic oxidation sites excluding steroid dienone is 1. The molecule has 0 saturated heterocycles. The molecule has 0 bridgehead atoms. The van der Waals surface area contributed by atoms with Crippen LogP contribution in [0.3, 0.4) is 0 Å². The Morgan fingerprint density at radius 1 is 1.07 bits per heavy atom. The van der Waals surface area contributed by atoms with Gasteiger partial charge in [0.15, 0.2) is 4.80 Å². The second-order valence-electron chi connectivity index (χ2n) is 10.0. The largest absolute Gasteiger partial charge is 0.497 e. The molecule has 1 aliphatic rings. The van der Waals surface area contributed by atoms with Gasteiger partial charge in [0.2, 0.25) is 0 Å². The van der Waals surface area contributed by atoms with Gasteiger partial charge in [-0.3, -0.25) is 24.3 Å². The number of aromatic nitrogens is 1. The first kappa shape index (κ1) is 31.3. The highest BCUT2D eigenvalue weighted by Crippen LogP contribution is 2.38. The first-order chi connectivity index (χ1) is 21.6. The van der Waals surface area contributed by atoms with Crippen LogP contribution in [-0.2, 0) is 4.79 Å². The molecule has 0 aliphatic carbocycles. The van der Waals surface area contributed by atoms with Crippen LogP contribution in [0.1, 0.15) is 38.1 Å². The number of nitrogens with zero attached hydrogens (tertiary/aromatic N) is 4. The van der Waals surface area contributed by atoms with E-state index >= 15 is 0 Å². The molecular formula is C32H32N4O8S. The highest BCUT2D eigenvalue weighted by Gasteiger charge is 2.36. The first-order valence-electron chi connectivity index (χ1n) is 14.1. The fraction of sp³-hybridized carbons (Fsp3) is 0.281. The van der Waals surface area contributed by atoms with Crippen LogP contribution in [0.15, 0.2) is 74.0 Å². The Hall–Kier alpha value is -5.17. The predicted molar refractivity (Wildman–Crippen MR) is 169 cm³/mol. The maximum atomic E-state index is 14.2. The van der Waals surface area contributed by atoms with Crippen molar-refractivity contribution in [1.82, 2.24) is 9.47 Å². The maximum Gasteiger partial charge on any atom is 0.273 e.